The minimum atomic E-state index is -0.176. The summed E-state index contributed by atoms with van der Waals surface area (Å²) in [7, 11) is 0. The molecule has 4 rings (SSSR count). The SMILES string of the molecule is CCCN1C(=O)c2ccccc2C1Nc1ccc(C(=O)NC2CC2)cc1. The highest BCUT2D eigenvalue weighted by molar-refractivity contribution is 5.99. The Morgan fingerprint density at radius 2 is 1.85 bits per heavy atom. The van der Waals surface area contributed by atoms with Gasteiger partial charge in [-0.1, -0.05) is 25.1 Å². The Morgan fingerprint density at radius 3 is 2.54 bits per heavy atom. The van der Waals surface area contributed by atoms with E-state index in [0.717, 1.165) is 36.1 Å². The first kappa shape index (κ1) is 16.6. The molecule has 26 heavy (non-hydrogen) atoms. The first-order chi connectivity index (χ1) is 12.7. The van der Waals surface area contributed by atoms with Crippen LogP contribution in [0.1, 0.15) is 58.6 Å². The van der Waals surface area contributed by atoms with Crippen molar-refractivity contribution in [3.05, 3.63) is 65.2 Å². The molecule has 2 aromatic rings. The number of hydrogen-bond acceptors (Lipinski definition) is 3. The summed E-state index contributed by atoms with van der Waals surface area (Å²) >= 11 is 0. The van der Waals surface area contributed by atoms with E-state index in [1.165, 1.54) is 0 Å². The van der Waals surface area contributed by atoms with E-state index in [-0.39, 0.29) is 18.0 Å². The zero-order valence-corrected chi connectivity index (χ0v) is 14.9. The van der Waals surface area contributed by atoms with Crippen molar-refractivity contribution < 1.29 is 9.59 Å². The molecule has 5 heteroatoms. The van der Waals surface area contributed by atoms with Crippen molar-refractivity contribution in [2.45, 2.75) is 38.4 Å². The molecule has 1 aliphatic carbocycles. The van der Waals surface area contributed by atoms with E-state index in [9.17, 15) is 9.59 Å². The van der Waals surface area contributed by atoms with Gasteiger partial charge in [0, 0.05) is 35.0 Å². The topological polar surface area (TPSA) is 61.4 Å². The first-order valence-corrected chi connectivity index (χ1v) is 9.24. The zero-order valence-electron chi connectivity index (χ0n) is 14.9. The molecular weight excluding hydrogens is 326 g/mol. The summed E-state index contributed by atoms with van der Waals surface area (Å²) in [4.78, 5) is 26.7. The number of rotatable bonds is 6. The van der Waals surface area contributed by atoms with Crippen LogP contribution in [0.3, 0.4) is 0 Å². The molecule has 0 spiro atoms. The molecule has 0 radical (unpaired) electrons. The summed E-state index contributed by atoms with van der Waals surface area (Å²) < 4.78 is 0. The number of anilines is 1. The van der Waals surface area contributed by atoms with Crippen LogP contribution in [0.2, 0.25) is 0 Å². The summed E-state index contributed by atoms with van der Waals surface area (Å²) in [5.74, 6) is 0.0495. The lowest BCUT2D eigenvalue weighted by molar-refractivity contribution is 0.0743. The Kier molecular flexibility index (Phi) is 4.37. The highest BCUT2D eigenvalue weighted by Crippen LogP contribution is 2.34. The highest BCUT2D eigenvalue weighted by atomic mass is 16.2. The molecule has 0 bridgehead atoms. The fourth-order valence-electron chi connectivity index (χ4n) is 3.37. The second kappa shape index (κ2) is 6.83. The summed E-state index contributed by atoms with van der Waals surface area (Å²) in [6.07, 6.45) is 2.88. The molecule has 1 unspecified atom stereocenters. The van der Waals surface area contributed by atoms with Crippen molar-refractivity contribution in [3.63, 3.8) is 0 Å². The van der Waals surface area contributed by atoms with Crippen molar-refractivity contribution >= 4 is 17.5 Å². The molecule has 5 nitrogen and oxygen atoms in total. The zero-order chi connectivity index (χ0) is 18.1. The molecule has 1 fully saturated rings. The summed E-state index contributed by atoms with van der Waals surface area (Å²) in [5.41, 5.74) is 3.32. The minimum absolute atomic E-state index is 0.0203. The molecule has 2 aromatic carbocycles. The molecule has 1 heterocycles. The fourth-order valence-corrected chi connectivity index (χ4v) is 3.37. The van der Waals surface area contributed by atoms with Gasteiger partial charge in [-0.3, -0.25) is 9.59 Å². The van der Waals surface area contributed by atoms with Crippen molar-refractivity contribution in [2.24, 2.45) is 0 Å². The smallest absolute Gasteiger partial charge is 0.256 e. The van der Waals surface area contributed by atoms with Gasteiger partial charge in [0.2, 0.25) is 0 Å². The van der Waals surface area contributed by atoms with Crippen LogP contribution < -0.4 is 10.6 Å². The quantitative estimate of drug-likeness (QED) is 0.838. The molecule has 1 atom stereocenters. The van der Waals surface area contributed by atoms with E-state index < -0.39 is 0 Å². The van der Waals surface area contributed by atoms with Crippen LogP contribution in [0.4, 0.5) is 5.69 Å². The van der Waals surface area contributed by atoms with Gasteiger partial charge in [0.1, 0.15) is 6.17 Å². The average Bonchev–Trinajstić information content (AvgIpc) is 3.44. The second-order valence-electron chi connectivity index (χ2n) is 6.96. The third kappa shape index (κ3) is 3.17. The maximum Gasteiger partial charge on any atom is 0.256 e. The van der Waals surface area contributed by atoms with E-state index >= 15 is 0 Å². The molecular formula is C21H23N3O2. The van der Waals surface area contributed by atoms with Crippen LogP contribution in [0.25, 0.3) is 0 Å². The van der Waals surface area contributed by atoms with Crippen LogP contribution in [-0.4, -0.2) is 29.3 Å². The van der Waals surface area contributed by atoms with Crippen LogP contribution in [0, 0.1) is 0 Å². The van der Waals surface area contributed by atoms with Crippen LogP contribution >= 0.6 is 0 Å². The minimum Gasteiger partial charge on any atom is -0.361 e. The molecule has 0 saturated heterocycles. The summed E-state index contributed by atoms with van der Waals surface area (Å²) in [5, 5.41) is 6.45. The number of nitrogens with one attached hydrogen (secondary N) is 2. The number of carbonyl (C=O) groups excluding carboxylic acids is 2. The van der Waals surface area contributed by atoms with Crippen LogP contribution in [0.15, 0.2) is 48.5 Å². The molecule has 2 N–H and O–H groups in total. The Labute approximate surface area is 153 Å². The fraction of sp³-hybridized carbons (Fsp3) is 0.333. The third-order valence-electron chi connectivity index (χ3n) is 4.89. The third-order valence-corrected chi connectivity index (χ3v) is 4.89. The molecule has 1 saturated carbocycles. The number of benzene rings is 2. The monoisotopic (exact) mass is 349 g/mol. The van der Waals surface area contributed by atoms with Crippen molar-refractivity contribution in [2.75, 3.05) is 11.9 Å². The average molecular weight is 349 g/mol. The Bertz CT molecular complexity index is 827. The predicted molar refractivity (Wildman–Crippen MR) is 101 cm³/mol. The number of amides is 2. The lowest BCUT2D eigenvalue weighted by Gasteiger charge is -2.26. The Balaban J connectivity index is 1.53. The van der Waals surface area contributed by atoms with E-state index in [1.807, 2.05) is 53.4 Å². The maximum atomic E-state index is 12.7. The lowest BCUT2D eigenvalue weighted by Crippen LogP contribution is -2.33. The van der Waals surface area contributed by atoms with Gasteiger partial charge in [0.15, 0.2) is 0 Å². The number of hydrogen-bond donors (Lipinski definition) is 2. The second-order valence-corrected chi connectivity index (χ2v) is 6.96. The lowest BCUT2D eigenvalue weighted by atomic mass is 10.1. The summed E-state index contributed by atoms with van der Waals surface area (Å²) in [6.45, 7) is 2.77. The largest absolute Gasteiger partial charge is 0.361 e. The normalized spacial score (nSPS) is 18.6. The summed E-state index contributed by atoms with van der Waals surface area (Å²) in [6, 6.07) is 15.5. The van der Waals surface area contributed by atoms with Crippen LogP contribution in [-0.2, 0) is 0 Å². The number of carbonyl (C=O) groups is 2. The van der Waals surface area contributed by atoms with E-state index in [0.29, 0.717) is 18.2 Å². The number of nitrogens with zero attached hydrogens (tertiary/aromatic N) is 1. The Morgan fingerprint density at radius 1 is 1.12 bits per heavy atom. The van der Waals surface area contributed by atoms with Crippen LogP contribution in [0.5, 0.6) is 0 Å². The Hall–Kier alpha value is -2.82. The van der Waals surface area contributed by atoms with Gasteiger partial charge in [0.05, 0.1) is 0 Å². The maximum absolute atomic E-state index is 12.7. The standard InChI is InChI=1S/C21H23N3O2/c1-2-13-24-19(17-5-3-4-6-18(17)21(24)26)22-15-9-7-14(8-10-15)20(25)23-16-11-12-16/h3-10,16,19,22H,2,11-13H2,1H3,(H,23,25). The van der Waals surface area contributed by atoms with E-state index in [2.05, 4.69) is 17.6 Å². The van der Waals surface area contributed by atoms with Crippen molar-refractivity contribution in [3.8, 4) is 0 Å². The molecule has 0 aromatic heterocycles. The van der Waals surface area contributed by atoms with Crippen molar-refractivity contribution in [1.82, 2.24) is 10.2 Å². The van der Waals surface area contributed by atoms with Gasteiger partial charge >= 0.3 is 0 Å². The van der Waals surface area contributed by atoms with Gasteiger partial charge in [-0.2, -0.15) is 0 Å². The van der Waals surface area contributed by atoms with E-state index in [1.54, 1.807) is 0 Å². The van der Waals surface area contributed by atoms with Gasteiger partial charge in [0.25, 0.3) is 11.8 Å². The van der Waals surface area contributed by atoms with Gasteiger partial charge in [-0.25, -0.2) is 0 Å². The highest BCUT2D eigenvalue weighted by Gasteiger charge is 2.35. The predicted octanol–water partition coefficient (Wildman–Crippen LogP) is 3.56. The van der Waals surface area contributed by atoms with Gasteiger partial charge in [-0.15, -0.1) is 0 Å². The first-order valence-electron chi connectivity index (χ1n) is 9.24. The van der Waals surface area contributed by atoms with E-state index in [4.69, 9.17) is 0 Å². The van der Waals surface area contributed by atoms with Gasteiger partial charge < -0.3 is 15.5 Å². The van der Waals surface area contributed by atoms with Gasteiger partial charge in [-0.05, 0) is 49.6 Å². The number of fused-ring (bicyclic) bond motifs is 1. The molecule has 2 aliphatic rings. The van der Waals surface area contributed by atoms with Crippen molar-refractivity contribution in [1.29, 1.82) is 0 Å². The molecule has 134 valence electrons. The molecule has 1 aliphatic heterocycles. The molecule has 2 amide bonds.